The third kappa shape index (κ3) is 15.5. The molecule has 0 radical (unpaired) electrons. The Hall–Kier alpha value is -5.68. The minimum Gasteiger partial charge on any atom is -0.466 e. The highest BCUT2D eigenvalue weighted by molar-refractivity contribution is 6.10. The number of allylic oxidation sites excluding steroid dienone is 6. The molecule has 5 heterocycles. The van der Waals surface area contributed by atoms with Gasteiger partial charge in [-0.1, -0.05) is 83.1 Å². The Bertz CT molecular complexity index is 2590. The van der Waals surface area contributed by atoms with Crippen molar-refractivity contribution in [1.29, 1.82) is 0 Å². The molecule has 9 atom stereocenters. The standard InChI is InChI=1S/C66H102N4O14/c1-16-31-78-50(71)26-23-44-48-39-49-62(10,11)45(24-27-51(72)79-32-17-2)57(68-49)42(8)59-63(12,30-29-53(74)81-34-19-4)47(38-54(75)82-35-20-5)61(69-59)66(15)65(14,41-56(77)84-37-22-7)46(25-28-52(73)80-33-18-3)58(70-66)43(9)60(67-48)64(44,13)40-55(76)83-36-21-6/h39,44-47,61,67H,16-38,40-41H2,1-15H3/b48-39-,57-42-,60-43-/t44-,45-,46-,47+,61?,63-,64+,65+,66-/m1/s1. The van der Waals surface area contributed by atoms with Gasteiger partial charge in [0.2, 0.25) is 0 Å². The molecular weight excluding hydrogens is 1070 g/mol. The van der Waals surface area contributed by atoms with Crippen LogP contribution in [0.3, 0.4) is 0 Å². The van der Waals surface area contributed by atoms with Crippen molar-refractivity contribution in [2.24, 2.45) is 60.3 Å². The number of hydrogen-bond acceptors (Lipinski definition) is 18. The highest BCUT2D eigenvalue weighted by Gasteiger charge is 2.67. The van der Waals surface area contributed by atoms with Gasteiger partial charge in [-0.3, -0.25) is 48.5 Å². The summed E-state index contributed by atoms with van der Waals surface area (Å²) < 4.78 is 40.6. The Morgan fingerprint density at radius 2 is 0.940 bits per heavy atom. The first-order valence-corrected chi connectivity index (χ1v) is 31.6. The molecule has 5 rings (SSSR count). The van der Waals surface area contributed by atoms with Crippen molar-refractivity contribution in [3.05, 3.63) is 34.3 Å². The minimum absolute atomic E-state index is 0.0119. The Kier molecular flexibility index (Phi) is 25.2. The molecule has 84 heavy (non-hydrogen) atoms. The highest BCUT2D eigenvalue weighted by Crippen LogP contribution is 2.63. The number of esters is 7. The van der Waals surface area contributed by atoms with Gasteiger partial charge in [0, 0.05) is 105 Å². The lowest BCUT2D eigenvalue weighted by Gasteiger charge is -2.48. The molecule has 1 fully saturated rings. The van der Waals surface area contributed by atoms with E-state index in [1.54, 1.807) is 0 Å². The zero-order chi connectivity index (χ0) is 62.2. The summed E-state index contributed by atoms with van der Waals surface area (Å²) in [6, 6.07) is -0.893. The van der Waals surface area contributed by atoms with E-state index in [0.717, 1.165) is 0 Å². The first-order chi connectivity index (χ1) is 39.8. The van der Waals surface area contributed by atoms with Crippen LogP contribution in [0.15, 0.2) is 49.3 Å². The highest BCUT2D eigenvalue weighted by atomic mass is 16.6. The predicted molar refractivity (Wildman–Crippen MR) is 323 cm³/mol. The summed E-state index contributed by atoms with van der Waals surface area (Å²) in [5.41, 5.74) is -0.291. The predicted octanol–water partition coefficient (Wildman–Crippen LogP) is 12.0. The second kappa shape index (κ2) is 30.6. The number of nitrogens with one attached hydrogen (secondary N) is 1. The van der Waals surface area contributed by atoms with Crippen LogP contribution in [0.1, 0.15) is 219 Å². The third-order valence-corrected chi connectivity index (χ3v) is 18.5. The topological polar surface area (TPSA) is 233 Å². The molecule has 5 aliphatic rings. The van der Waals surface area contributed by atoms with Crippen LogP contribution in [-0.4, -0.2) is 117 Å². The zero-order valence-electron chi connectivity index (χ0n) is 53.7. The molecule has 1 unspecified atom stereocenters. The fraction of sp³-hybridized carbons (Fsp3) is 0.758. The smallest absolute Gasteiger partial charge is 0.306 e. The molecule has 0 aliphatic carbocycles. The summed E-state index contributed by atoms with van der Waals surface area (Å²) in [5.74, 6) is -5.21. The van der Waals surface area contributed by atoms with Crippen LogP contribution >= 0.6 is 0 Å². The van der Waals surface area contributed by atoms with Crippen molar-refractivity contribution < 1.29 is 66.7 Å². The van der Waals surface area contributed by atoms with Gasteiger partial charge in [-0.15, -0.1) is 0 Å². The van der Waals surface area contributed by atoms with Gasteiger partial charge >= 0.3 is 41.8 Å². The average molecular weight is 1180 g/mol. The van der Waals surface area contributed by atoms with Crippen molar-refractivity contribution >= 4 is 58.9 Å². The fourth-order valence-corrected chi connectivity index (χ4v) is 13.7. The first kappa shape index (κ1) is 69.1. The maximum Gasteiger partial charge on any atom is 0.306 e. The van der Waals surface area contributed by atoms with Crippen LogP contribution in [0.25, 0.3) is 0 Å². The molecule has 18 heteroatoms. The molecule has 18 nitrogen and oxygen atoms in total. The quantitative estimate of drug-likeness (QED) is 0.0487. The van der Waals surface area contributed by atoms with E-state index in [1.807, 2.05) is 96.1 Å². The van der Waals surface area contributed by atoms with Crippen molar-refractivity contribution in [3.8, 4) is 0 Å². The van der Waals surface area contributed by atoms with Crippen LogP contribution in [0.2, 0.25) is 0 Å². The van der Waals surface area contributed by atoms with Crippen LogP contribution in [-0.2, 0) is 66.7 Å². The van der Waals surface area contributed by atoms with Gasteiger partial charge in [-0.2, -0.15) is 0 Å². The van der Waals surface area contributed by atoms with Crippen molar-refractivity contribution in [1.82, 2.24) is 5.32 Å². The lowest BCUT2D eigenvalue weighted by atomic mass is 9.55. The average Bonchev–Trinajstić information content (AvgIpc) is 3.94. The van der Waals surface area contributed by atoms with Crippen molar-refractivity contribution in [2.45, 2.75) is 231 Å². The van der Waals surface area contributed by atoms with Gasteiger partial charge in [0.1, 0.15) is 0 Å². The lowest BCUT2D eigenvalue weighted by Crippen LogP contribution is -2.55. The number of carbonyl (C=O) groups is 7. The number of fused-ring (bicyclic) bond motifs is 6. The maximum atomic E-state index is 14.7. The van der Waals surface area contributed by atoms with Crippen molar-refractivity contribution in [2.75, 3.05) is 46.2 Å². The summed E-state index contributed by atoms with van der Waals surface area (Å²) >= 11 is 0. The maximum absolute atomic E-state index is 14.7. The van der Waals surface area contributed by atoms with Crippen molar-refractivity contribution in [3.63, 3.8) is 0 Å². The molecule has 0 aromatic heterocycles. The molecule has 0 aromatic rings. The molecular formula is C66H102N4O14. The SMILES string of the molecule is CCCOC(=O)CC[C@@H]1/C2=C(\C)C3=NC([C@H](CC(=O)OCCC)[C@@]3(C)CCC(=O)OCCC)[C@@]3(C)N=C(/C(C)=C4\N/C(=C\C(=N2)C1(C)C)[C@@H](CCC(=O)OCCC)[C@]4(C)CC(=O)OCCC)[C@@H](CCC(=O)OCCC)[C@]3(C)CC(=O)OCCC. The number of hydrogen-bond donors (Lipinski definition) is 1. The molecule has 5 aliphatic heterocycles. The van der Waals surface area contributed by atoms with E-state index in [-0.39, 0.29) is 122 Å². The van der Waals surface area contributed by atoms with Crippen LogP contribution < -0.4 is 5.32 Å². The summed E-state index contributed by atoms with van der Waals surface area (Å²) in [6.07, 6.45) is 7.04. The Balaban J connectivity index is 2.03. The second-order valence-electron chi connectivity index (χ2n) is 25.3. The monoisotopic (exact) mass is 1170 g/mol. The number of aliphatic imine (C=N–C) groups is 3. The van der Waals surface area contributed by atoms with Crippen LogP contribution in [0.5, 0.6) is 0 Å². The second-order valence-corrected chi connectivity index (χ2v) is 25.3. The molecule has 1 N–H and O–H groups in total. The Labute approximate surface area is 501 Å². The first-order valence-electron chi connectivity index (χ1n) is 31.6. The van der Waals surface area contributed by atoms with E-state index in [1.165, 1.54) is 0 Å². The Morgan fingerprint density at radius 1 is 0.512 bits per heavy atom. The molecule has 0 saturated carbocycles. The van der Waals surface area contributed by atoms with E-state index in [9.17, 15) is 33.6 Å². The molecule has 0 amide bonds. The number of carbonyl (C=O) groups excluding carboxylic acids is 7. The van der Waals surface area contributed by atoms with Gasteiger partial charge in [0.05, 0.1) is 77.1 Å². The zero-order valence-corrected chi connectivity index (χ0v) is 53.7. The van der Waals surface area contributed by atoms with Gasteiger partial charge in [-0.25, -0.2) is 0 Å². The van der Waals surface area contributed by atoms with E-state index in [4.69, 9.17) is 48.1 Å². The van der Waals surface area contributed by atoms with E-state index in [2.05, 4.69) is 19.2 Å². The van der Waals surface area contributed by atoms with E-state index >= 15 is 0 Å². The lowest BCUT2D eigenvalue weighted by molar-refractivity contribution is -0.150. The largest absolute Gasteiger partial charge is 0.466 e. The normalized spacial score (nSPS) is 29.9. The fourth-order valence-electron chi connectivity index (χ4n) is 13.7. The van der Waals surface area contributed by atoms with Gasteiger partial charge in [-0.05, 0) is 109 Å². The molecule has 8 bridgehead atoms. The van der Waals surface area contributed by atoms with Crippen LogP contribution in [0.4, 0.5) is 0 Å². The van der Waals surface area contributed by atoms with Crippen LogP contribution in [0, 0.1) is 45.3 Å². The molecule has 470 valence electrons. The van der Waals surface area contributed by atoms with Gasteiger partial charge < -0.3 is 38.5 Å². The summed E-state index contributed by atoms with van der Waals surface area (Å²) in [4.78, 5) is 116. The molecule has 0 aromatic carbocycles. The minimum atomic E-state index is -1.39. The summed E-state index contributed by atoms with van der Waals surface area (Å²) in [5, 5.41) is 3.86. The van der Waals surface area contributed by atoms with Gasteiger partial charge in [0.15, 0.2) is 0 Å². The molecule has 1 saturated heterocycles. The van der Waals surface area contributed by atoms with Gasteiger partial charge in [0.25, 0.3) is 0 Å². The summed E-state index contributed by atoms with van der Waals surface area (Å²) in [7, 11) is 0. The van der Waals surface area contributed by atoms with E-state index < -0.39 is 86.8 Å². The molecule has 0 spiro atoms. The van der Waals surface area contributed by atoms with E-state index in [0.29, 0.717) is 96.7 Å². The number of ether oxygens (including phenoxy) is 7. The Morgan fingerprint density at radius 3 is 1.43 bits per heavy atom. The number of rotatable bonds is 32. The number of nitrogens with zero attached hydrogens (tertiary/aromatic N) is 3. The third-order valence-electron chi connectivity index (χ3n) is 18.5. The summed E-state index contributed by atoms with van der Waals surface area (Å²) in [6.45, 7) is 31.3.